The van der Waals surface area contributed by atoms with E-state index in [2.05, 4.69) is 9.47 Å². The van der Waals surface area contributed by atoms with E-state index in [4.69, 9.17) is 4.74 Å². The van der Waals surface area contributed by atoms with Crippen molar-refractivity contribution in [3.8, 4) is 5.75 Å². The minimum atomic E-state index is -4.52. The number of benzene rings is 1. The van der Waals surface area contributed by atoms with Crippen molar-refractivity contribution >= 4 is 5.97 Å². The first-order valence-corrected chi connectivity index (χ1v) is 5.27. The van der Waals surface area contributed by atoms with Crippen LogP contribution < -0.4 is 4.74 Å². The average molecular weight is 278 g/mol. The molecule has 19 heavy (non-hydrogen) atoms. The van der Waals surface area contributed by atoms with Crippen LogP contribution in [0.4, 0.5) is 13.2 Å². The predicted octanol–water partition coefficient (Wildman–Crippen LogP) is 2.49. The SMILES string of the molecule is COC(=O)COc1cccc(C(OC)C(F)(F)F)c1. The molecule has 0 fully saturated rings. The van der Waals surface area contributed by atoms with Crippen molar-refractivity contribution < 1.29 is 32.2 Å². The topological polar surface area (TPSA) is 44.8 Å². The van der Waals surface area contributed by atoms with E-state index in [-0.39, 0.29) is 17.9 Å². The number of halogens is 3. The molecular weight excluding hydrogens is 265 g/mol. The van der Waals surface area contributed by atoms with Gasteiger partial charge in [-0.1, -0.05) is 12.1 Å². The Kier molecular flexibility index (Phi) is 5.17. The first kappa shape index (κ1) is 15.3. The summed E-state index contributed by atoms with van der Waals surface area (Å²) in [4.78, 5) is 10.9. The van der Waals surface area contributed by atoms with Crippen LogP contribution in [0.25, 0.3) is 0 Å². The zero-order valence-corrected chi connectivity index (χ0v) is 10.4. The summed E-state index contributed by atoms with van der Waals surface area (Å²) in [6.07, 6.45) is -6.55. The Morgan fingerprint density at radius 2 is 2.00 bits per heavy atom. The maximum absolute atomic E-state index is 12.7. The standard InChI is InChI=1S/C12H13F3O4/c1-17-10(16)7-19-9-5-3-4-8(6-9)11(18-2)12(13,14)15/h3-6,11H,7H2,1-2H3. The van der Waals surface area contributed by atoms with Crippen LogP contribution >= 0.6 is 0 Å². The fourth-order valence-electron chi connectivity index (χ4n) is 1.43. The first-order valence-electron chi connectivity index (χ1n) is 5.27. The molecule has 1 aromatic rings. The number of ether oxygens (including phenoxy) is 3. The third-order valence-electron chi connectivity index (χ3n) is 2.28. The van der Waals surface area contributed by atoms with Gasteiger partial charge in [0.2, 0.25) is 0 Å². The quantitative estimate of drug-likeness (QED) is 0.776. The Labute approximate surface area is 108 Å². The summed E-state index contributed by atoms with van der Waals surface area (Å²) in [5.74, 6) is -0.487. The Balaban J connectivity index is 2.84. The van der Waals surface area contributed by atoms with Crippen LogP contribution in [0.3, 0.4) is 0 Å². The molecule has 7 heteroatoms. The molecule has 0 N–H and O–H groups in total. The summed E-state index contributed by atoms with van der Waals surface area (Å²) in [6.45, 7) is -0.371. The fraction of sp³-hybridized carbons (Fsp3) is 0.417. The second-order valence-corrected chi connectivity index (χ2v) is 3.59. The molecular formula is C12H13F3O4. The van der Waals surface area contributed by atoms with Crippen LogP contribution in [-0.2, 0) is 14.3 Å². The molecule has 1 aromatic carbocycles. The first-order chi connectivity index (χ1) is 8.88. The number of hydrogen-bond acceptors (Lipinski definition) is 4. The van der Waals surface area contributed by atoms with Gasteiger partial charge in [-0.3, -0.25) is 0 Å². The number of esters is 1. The van der Waals surface area contributed by atoms with Crippen LogP contribution in [0.1, 0.15) is 11.7 Å². The molecule has 106 valence electrons. The van der Waals surface area contributed by atoms with Gasteiger partial charge < -0.3 is 14.2 Å². The van der Waals surface area contributed by atoms with Crippen molar-refractivity contribution in [2.75, 3.05) is 20.8 Å². The highest BCUT2D eigenvalue weighted by atomic mass is 19.4. The van der Waals surface area contributed by atoms with Crippen molar-refractivity contribution in [1.29, 1.82) is 0 Å². The lowest BCUT2D eigenvalue weighted by molar-refractivity contribution is -0.216. The molecule has 1 rings (SSSR count). The molecule has 0 saturated heterocycles. The van der Waals surface area contributed by atoms with Crippen molar-refractivity contribution in [1.82, 2.24) is 0 Å². The highest BCUT2D eigenvalue weighted by Crippen LogP contribution is 2.36. The lowest BCUT2D eigenvalue weighted by atomic mass is 10.1. The highest BCUT2D eigenvalue weighted by Gasteiger charge is 2.41. The molecule has 4 nitrogen and oxygen atoms in total. The van der Waals surface area contributed by atoms with Crippen LogP contribution in [0.2, 0.25) is 0 Å². The van der Waals surface area contributed by atoms with Crippen LogP contribution in [0.5, 0.6) is 5.75 Å². The molecule has 0 aromatic heterocycles. The van der Waals surface area contributed by atoms with Gasteiger partial charge in [0, 0.05) is 7.11 Å². The van der Waals surface area contributed by atoms with E-state index in [0.29, 0.717) is 0 Å². The summed E-state index contributed by atoms with van der Waals surface area (Å²) < 4.78 is 51.8. The number of rotatable bonds is 5. The van der Waals surface area contributed by atoms with E-state index in [0.717, 1.165) is 7.11 Å². The van der Waals surface area contributed by atoms with Gasteiger partial charge in [-0.25, -0.2) is 4.79 Å². The molecule has 0 heterocycles. The fourth-order valence-corrected chi connectivity index (χ4v) is 1.43. The van der Waals surface area contributed by atoms with Crippen molar-refractivity contribution in [2.45, 2.75) is 12.3 Å². The molecule has 0 aliphatic rings. The number of carbonyl (C=O) groups excluding carboxylic acids is 1. The molecule has 1 atom stereocenters. The minimum Gasteiger partial charge on any atom is -0.482 e. The summed E-state index contributed by atoms with van der Waals surface area (Å²) in [5, 5.41) is 0. The van der Waals surface area contributed by atoms with Crippen molar-refractivity contribution in [2.24, 2.45) is 0 Å². The normalized spacial score (nSPS) is 12.9. The van der Waals surface area contributed by atoms with Crippen LogP contribution in [0, 0.1) is 0 Å². The molecule has 0 spiro atoms. The lowest BCUT2D eigenvalue weighted by Crippen LogP contribution is -2.22. The van der Waals surface area contributed by atoms with E-state index in [1.165, 1.54) is 31.4 Å². The summed E-state index contributed by atoms with van der Waals surface area (Å²) in [5.41, 5.74) is -0.0997. The predicted molar refractivity (Wildman–Crippen MR) is 59.8 cm³/mol. The van der Waals surface area contributed by atoms with Gasteiger partial charge in [0.1, 0.15) is 5.75 Å². The largest absolute Gasteiger partial charge is 0.482 e. The van der Waals surface area contributed by atoms with E-state index < -0.39 is 18.2 Å². The summed E-state index contributed by atoms with van der Waals surface area (Å²) in [7, 11) is 2.16. The molecule has 0 aliphatic heterocycles. The van der Waals surface area contributed by atoms with E-state index in [1.807, 2.05) is 0 Å². The second-order valence-electron chi connectivity index (χ2n) is 3.59. The third kappa shape index (κ3) is 4.44. The zero-order valence-electron chi connectivity index (χ0n) is 10.4. The Morgan fingerprint density at radius 1 is 1.32 bits per heavy atom. The van der Waals surface area contributed by atoms with Crippen LogP contribution in [-0.4, -0.2) is 33.0 Å². The van der Waals surface area contributed by atoms with Gasteiger partial charge in [-0.05, 0) is 17.7 Å². The average Bonchev–Trinajstić information content (AvgIpc) is 2.35. The third-order valence-corrected chi connectivity index (χ3v) is 2.28. The van der Waals surface area contributed by atoms with Gasteiger partial charge in [0.15, 0.2) is 12.7 Å². The van der Waals surface area contributed by atoms with E-state index >= 15 is 0 Å². The van der Waals surface area contributed by atoms with Crippen molar-refractivity contribution in [3.05, 3.63) is 29.8 Å². The van der Waals surface area contributed by atoms with E-state index in [1.54, 1.807) is 0 Å². The van der Waals surface area contributed by atoms with Gasteiger partial charge in [-0.15, -0.1) is 0 Å². The number of methoxy groups -OCH3 is 2. The molecule has 0 bridgehead atoms. The lowest BCUT2D eigenvalue weighted by Gasteiger charge is -2.19. The zero-order chi connectivity index (χ0) is 14.5. The summed E-state index contributed by atoms with van der Waals surface area (Å²) in [6, 6.07) is 5.27. The number of carbonyl (C=O) groups is 1. The monoisotopic (exact) mass is 278 g/mol. The Hall–Kier alpha value is -1.76. The van der Waals surface area contributed by atoms with Gasteiger partial charge in [0.25, 0.3) is 0 Å². The molecule has 0 amide bonds. The number of hydrogen-bond donors (Lipinski definition) is 0. The van der Waals surface area contributed by atoms with E-state index in [9.17, 15) is 18.0 Å². The Morgan fingerprint density at radius 3 is 2.53 bits per heavy atom. The number of alkyl halides is 3. The van der Waals surface area contributed by atoms with Gasteiger partial charge >= 0.3 is 12.1 Å². The molecule has 0 aliphatic carbocycles. The van der Waals surface area contributed by atoms with Crippen LogP contribution in [0.15, 0.2) is 24.3 Å². The molecule has 0 radical (unpaired) electrons. The molecule has 0 saturated carbocycles. The van der Waals surface area contributed by atoms with Gasteiger partial charge in [-0.2, -0.15) is 13.2 Å². The molecule has 1 unspecified atom stereocenters. The maximum atomic E-state index is 12.7. The summed E-state index contributed by atoms with van der Waals surface area (Å²) >= 11 is 0. The smallest absolute Gasteiger partial charge is 0.418 e. The minimum absolute atomic E-state index is 0.0997. The van der Waals surface area contributed by atoms with Crippen molar-refractivity contribution in [3.63, 3.8) is 0 Å². The highest BCUT2D eigenvalue weighted by molar-refractivity contribution is 5.70. The second kappa shape index (κ2) is 6.42. The maximum Gasteiger partial charge on any atom is 0.418 e. The Bertz CT molecular complexity index is 431. The van der Waals surface area contributed by atoms with Gasteiger partial charge in [0.05, 0.1) is 7.11 Å².